The number of carboxylic acids is 1. The molecule has 1 aromatic carbocycles. The number of nitrogens with zero attached hydrogens (tertiary/aromatic N) is 3. The van der Waals surface area contributed by atoms with Gasteiger partial charge in [0.15, 0.2) is 5.82 Å². The van der Waals surface area contributed by atoms with Crippen LogP contribution < -0.4 is 5.32 Å². The lowest BCUT2D eigenvalue weighted by atomic mass is 9.90. The van der Waals surface area contributed by atoms with Crippen LogP contribution in [-0.2, 0) is 27.3 Å². The van der Waals surface area contributed by atoms with E-state index >= 15 is 0 Å². The highest BCUT2D eigenvalue weighted by Gasteiger charge is 2.30. The van der Waals surface area contributed by atoms with Crippen molar-refractivity contribution in [3.63, 3.8) is 0 Å². The van der Waals surface area contributed by atoms with Gasteiger partial charge in [0, 0.05) is 25.7 Å². The molecule has 2 aromatic rings. The van der Waals surface area contributed by atoms with E-state index in [1.54, 1.807) is 11.0 Å². The van der Waals surface area contributed by atoms with Crippen molar-refractivity contribution >= 4 is 23.6 Å². The van der Waals surface area contributed by atoms with Gasteiger partial charge in [0.2, 0.25) is 11.8 Å². The Morgan fingerprint density at radius 2 is 2.04 bits per heavy atom. The number of carboxylic acid groups (broad SMARTS) is 1. The predicted molar refractivity (Wildman–Crippen MR) is 93.4 cm³/mol. The van der Waals surface area contributed by atoms with Gasteiger partial charge in [0.25, 0.3) is 0 Å². The van der Waals surface area contributed by atoms with E-state index < -0.39 is 5.97 Å². The van der Waals surface area contributed by atoms with Crippen LogP contribution in [0.2, 0.25) is 0 Å². The first-order valence-corrected chi connectivity index (χ1v) is 8.34. The van der Waals surface area contributed by atoms with E-state index in [4.69, 9.17) is 5.11 Å². The van der Waals surface area contributed by atoms with Gasteiger partial charge >= 0.3 is 5.97 Å². The summed E-state index contributed by atoms with van der Waals surface area (Å²) < 4.78 is 1.23. The Balaban J connectivity index is 1.73. The number of hydrogen-bond donors (Lipinski definition) is 2. The van der Waals surface area contributed by atoms with Crippen molar-refractivity contribution < 1.29 is 19.5 Å². The first kappa shape index (κ1) is 17.7. The van der Waals surface area contributed by atoms with Crippen molar-refractivity contribution in [1.82, 2.24) is 14.7 Å². The van der Waals surface area contributed by atoms with Crippen LogP contribution >= 0.6 is 0 Å². The van der Waals surface area contributed by atoms with Crippen molar-refractivity contribution in [1.29, 1.82) is 0 Å². The third kappa shape index (κ3) is 3.90. The molecule has 1 aliphatic heterocycles. The van der Waals surface area contributed by atoms with Gasteiger partial charge in [-0.2, -0.15) is 5.10 Å². The largest absolute Gasteiger partial charge is 0.480 e. The zero-order valence-electron chi connectivity index (χ0n) is 14.4. The van der Waals surface area contributed by atoms with E-state index in [0.29, 0.717) is 6.54 Å². The molecule has 8 heteroatoms. The fourth-order valence-corrected chi connectivity index (χ4v) is 3.27. The Labute approximate surface area is 150 Å². The highest BCUT2D eigenvalue weighted by atomic mass is 16.4. The van der Waals surface area contributed by atoms with Crippen LogP contribution in [0.1, 0.15) is 30.5 Å². The first-order valence-electron chi connectivity index (χ1n) is 8.34. The minimum atomic E-state index is -1.01. The minimum absolute atomic E-state index is 0.0666. The number of aromatic nitrogens is 2. The van der Waals surface area contributed by atoms with Gasteiger partial charge < -0.3 is 15.3 Å². The molecule has 0 bridgehead atoms. The highest BCUT2D eigenvalue weighted by Crippen LogP contribution is 2.32. The van der Waals surface area contributed by atoms with E-state index in [0.717, 1.165) is 17.5 Å². The maximum Gasteiger partial charge on any atom is 0.325 e. The summed E-state index contributed by atoms with van der Waals surface area (Å²) in [6, 6.07) is 9.04. The molecule has 0 unspecified atom stereocenters. The molecular weight excluding hydrogens is 336 g/mol. The Hall–Kier alpha value is -3.16. The van der Waals surface area contributed by atoms with Crippen LogP contribution in [0.15, 0.2) is 36.5 Å². The summed E-state index contributed by atoms with van der Waals surface area (Å²) in [5, 5.41) is 15.4. The molecule has 0 spiro atoms. The Morgan fingerprint density at radius 3 is 2.77 bits per heavy atom. The van der Waals surface area contributed by atoms with Crippen molar-refractivity contribution in [2.75, 3.05) is 11.9 Å². The smallest absolute Gasteiger partial charge is 0.325 e. The lowest BCUT2D eigenvalue weighted by molar-refractivity contribution is -0.138. The normalized spacial score (nSPS) is 16.0. The molecular formula is C18H20N4O4. The van der Waals surface area contributed by atoms with E-state index in [2.05, 4.69) is 10.4 Å². The number of rotatable bonds is 5. The number of benzene rings is 1. The molecule has 2 heterocycles. The topological polar surface area (TPSA) is 105 Å². The number of carbonyl (C=O) groups is 3. The van der Waals surface area contributed by atoms with Gasteiger partial charge in [-0.3, -0.25) is 19.1 Å². The average molecular weight is 356 g/mol. The monoisotopic (exact) mass is 356 g/mol. The fraction of sp³-hybridized carbons (Fsp3) is 0.333. The number of aliphatic carboxylic acids is 1. The van der Waals surface area contributed by atoms with Gasteiger partial charge in [0.05, 0.1) is 12.5 Å². The summed E-state index contributed by atoms with van der Waals surface area (Å²) in [6.45, 7) is 1.81. The molecule has 1 atom stereocenters. The summed E-state index contributed by atoms with van der Waals surface area (Å²) in [4.78, 5) is 36.9. The predicted octanol–water partition coefficient (Wildman–Crippen LogP) is 1.44. The summed E-state index contributed by atoms with van der Waals surface area (Å²) in [5.74, 6) is -1.07. The van der Waals surface area contributed by atoms with Gasteiger partial charge in [-0.15, -0.1) is 0 Å². The molecule has 0 radical (unpaired) electrons. The first-order chi connectivity index (χ1) is 12.4. The van der Waals surface area contributed by atoms with Crippen LogP contribution in [0.3, 0.4) is 0 Å². The number of carbonyl (C=O) groups excluding carboxylic acids is 2. The quantitative estimate of drug-likeness (QED) is 0.843. The van der Waals surface area contributed by atoms with Crippen molar-refractivity contribution in [2.45, 2.75) is 32.4 Å². The molecule has 8 nitrogen and oxygen atoms in total. The Kier molecular flexibility index (Phi) is 5.01. The van der Waals surface area contributed by atoms with E-state index in [9.17, 15) is 14.4 Å². The molecule has 3 rings (SSSR count). The van der Waals surface area contributed by atoms with Crippen LogP contribution in [-0.4, -0.2) is 44.1 Å². The van der Waals surface area contributed by atoms with E-state index in [1.165, 1.54) is 17.8 Å². The van der Waals surface area contributed by atoms with Gasteiger partial charge in [-0.1, -0.05) is 24.3 Å². The molecule has 1 aromatic heterocycles. The molecule has 0 aliphatic carbocycles. The maximum atomic E-state index is 12.5. The number of hydrogen-bond acceptors (Lipinski definition) is 4. The van der Waals surface area contributed by atoms with E-state index in [-0.39, 0.29) is 36.6 Å². The molecule has 0 fully saturated rings. The maximum absolute atomic E-state index is 12.5. The lowest BCUT2D eigenvalue weighted by Crippen LogP contribution is -2.40. The number of amides is 2. The molecule has 0 saturated carbocycles. The highest BCUT2D eigenvalue weighted by molar-refractivity contribution is 5.90. The number of nitrogens with one attached hydrogen (secondary N) is 1. The molecule has 2 N–H and O–H groups in total. The molecule has 136 valence electrons. The van der Waals surface area contributed by atoms with Crippen molar-refractivity contribution in [2.24, 2.45) is 0 Å². The Morgan fingerprint density at radius 1 is 1.27 bits per heavy atom. The van der Waals surface area contributed by atoms with Gasteiger partial charge in [-0.05, 0) is 17.5 Å². The second kappa shape index (κ2) is 7.38. The number of anilines is 1. The Bertz CT molecular complexity index is 845. The molecule has 26 heavy (non-hydrogen) atoms. The summed E-state index contributed by atoms with van der Waals surface area (Å²) in [6.07, 6.45) is 2.37. The third-order valence-electron chi connectivity index (χ3n) is 4.40. The standard InChI is InChI=1S/C18H20N4O4/c1-12(23)22-9-6-13-4-2-3-5-14(13)15(22)10-17(24)19-16-7-8-21(20-16)11-18(25)26/h2-5,7-8,15H,6,9-11H2,1H3,(H,25,26)(H,19,20,24)/t15-/m1/s1. The molecule has 0 saturated heterocycles. The number of fused-ring (bicyclic) bond motifs is 1. The lowest BCUT2D eigenvalue weighted by Gasteiger charge is -2.36. The molecule has 1 aliphatic rings. The van der Waals surface area contributed by atoms with Crippen molar-refractivity contribution in [3.8, 4) is 0 Å². The van der Waals surface area contributed by atoms with E-state index in [1.807, 2.05) is 24.3 Å². The third-order valence-corrected chi connectivity index (χ3v) is 4.40. The average Bonchev–Trinajstić information content (AvgIpc) is 3.00. The zero-order chi connectivity index (χ0) is 18.7. The van der Waals surface area contributed by atoms with Crippen LogP contribution in [0.25, 0.3) is 0 Å². The van der Waals surface area contributed by atoms with Crippen LogP contribution in [0.4, 0.5) is 5.82 Å². The summed E-state index contributed by atoms with van der Waals surface area (Å²) in [5.41, 5.74) is 2.13. The van der Waals surface area contributed by atoms with Crippen LogP contribution in [0, 0.1) is 0 Å². The zero-order valence-corrected chi connectivity index (χ0v) is 14.4. The SMILES string of the molecule is CC(=O)N1CCc2ccccc2[C@H]1CC(=O)Nc1ccn(CC(=O)O)n1. The summed E-state index contributed by atoms with van der Waals surface area (Å²) >= 11 is 0. The van der Waals surface area contributed by atoms with Crippen LogP contribution in [0.5, 0.6) is 0 Å². The fourth-order valence-electron chi connectivity index (χ4n) is 3.27. The second-order valence-electron chi connectivity index (χ2n) is 6.22. The molecule has 2 amide bonds. The van der Waals surface area contributed by atoms with Crippen molar-refractivity contribution in [3.05, 3.63) is 47.7 Å². The minimum Gasteiger partial charge on any atom is -0.480 e. The van der Waals surface area contributed by atoms with Gasteiger partial charge in [-0.25, -0.2) is 0 Å². The summed E-state index contributed by atoms with van der Waals surface area (Å²) in [7, 11) is 0. The van der Waals surface area contributed by atoms with Gasteiger partial charge in [0.1, 0.15) is 6.54 Å². The second-order valence-corrected chi connectivity index (χ2v) is 6.22.